The van der Waals surface area contributed by atoms with Crippen LogP contribution in [0.15, 0.2) is 6.20 Å². The van der Waals surface area contributed by atoms with Crippen LogP contribution in [-0.2, 0) is 11.8 Å². The lowest BCUT2D eigenvalue weighted by molar-refractivity contribution is -0.385. The van der Waals surface area contributed by atoms with Gasteiger partial charge in [0.15, 0.2) is 5.69 Å². The van der Waals surface area contributed by atoms with E-state index in [2.05, 4.69) is 22.3 Å². The quantitative estimate of drug-likeness (QED) is 0.395. The minimum atomic E-state index is -0.537. The lowest BCUT2D eigenvalue weighted by Gasteiger charge is -2.19. The normalized spacial score (nSPS) is 10.5. The molecule has 0 radical (unpaired) electrons. The van der Waals surface area contributed by atoms with Crippen molar-refractivity contribution < 1.29 is 14.5 Å². The van der Waals surface area contributed by atoms with Gasteiger partial charge >= 0.3 is 11.8 Å². The summed E-state index contributed by atoms with van der Waals surface area (Å²) < 4.78 is 6.27. The van der Waals surface area contributed by atoms with Crippen LogP contribution in [0.1, 0.15) is 32.9 Å². The van der Waals surface area contributed by atoms with Crippen LogP contribution in [0, 0.1) is 22.0 Å². The second-order valence-corrected chi connectivity index (χ2v) is 5.32. The molecular formula is C13H18N4O4. The van der Waals surface area contributed by atoms with E-state index in [1.54, 1.807) is 7.05 Å². The van der Waals surface area contributed by atoms with E-state index in [0.717, 1.165) is 6.20 Å². The fourth-order valence-electron chi connectivity index (χ4n) is 1.39. The number of nitro groups is 1. The van der Waals surface area contributed by atoms with Crippen molar-refractivity contribution in [2.24, 2.45) is 7.05 Å². The smallest absolute Gasteiger partial charge is 0.407 e. The molecule has 1 aromatic rings. The van der Waals surface area contributed by atoms with E-state index in [-0.39, 0.29) is 29.9 Å². The van der Waals surface area contributed by atoms with Gasteiger partial charge in [0.2, 0.25) is 0 Å². The zero-order valence-electron chi connectivity index (χ0n) is 12.5. The van der Waals surface area contributed by atoms with Crippen molar-refractivity contribution in [1.29, 1.82) is 0 Å². The number of hydrogen-bond donors (Lipinski definition) is 1. The Morgan fingerprint density at radius 1 is 1.57 bits per heavy atom. The maximum Gasteiger partial charge on any atom is 0.407 e. The molecular weight excluding hydrogens is 276 g/mol. The van der Waals surface area contributed by atoms with Gasteiger partial charge in [-0.3, -0.25) is 14.8 Å². The molecule has 0 saturated carbocycles. The van der Waals surface area contributed by atoms with Crippen LogP contribution in [0.25, 0.3) is 0 Å². The summed E-state index contributed by atoms with van der Waals surface area (Å²) in [6.07, 6.45) is 0.910. The highest BCUT2D eigenvalue weighted by molar-refractivity contribution is 5.68. The number of aromatic nitrogens is 2. The summed E-state index contributed by atoms with van der Waals surface area (Å²) in [5, 5.41) is 17.2. The van der Waals surface area contributed by atoms with E-state index in [4.69, 9.17) is 4.74 Å². The SMILES string of the molecule is Cn1ncc([N+](=O)[O-])c1C#CCCOC(=O)NC(C)(C)C. The van der Waals surface area contributed by atoms with Gasteiger partial charge in [0.25, 0.3) is 0 Å². The number of nitrogens with one attached hydrogen (secondary N) is 1. The average Bonchev–Trinajstić information content (AvgIpc) is 2.68. The first kappa shape index (κ1) is 16.5. The number of aryl methyl sites for hydroxylation is 1. The molecule has 0 aromatic carbocycles. The first-order valence-electron chi connectivity index (χ1n) is 6.31. The summed E-state index contributed by atoms with van der Waals surface area (Å²) in [6, 6.07) is 0. The summed E-state index contributed by atoms with van der Waals surface area (Å²) in [4.78, 5) is 21.6. The minimum absolute atomic E-state index is 0.112. The van der Waals surface area contributed by atoms with Crippen LogP contribution in [-0.4, -0.2) is 32.9 Å². The highest BCUT2D eigenvalue weighted by atomic mass is 16.6. The second kappa shape index (κ2) is 6.74. The molecule has 0 aliphatic heterocycles. The van der Waals surface area contributed by atoms with Crippen LogP contribution in [0.5, 0.6) is 0 Å². The van der Waals surface area contributed by atoms with Crippen molar-refractivity contribution in [3.05, 3.63) is 22.0 Å². The van der Waals surface area contributed by atoms with Crippen molar-refractivity contribution in [1.82, 2.24) is 15.1 Å². The number of carbonyl (C=O) groups is 1. The molecule has 0 aliphatic carbocycles. The van der Waals surface area contributed by atoms with Crippen molar-refractivity contribution >= 4 is 11.8 Å². The topological polar surface area (TPSA) is 99.3 Å². The van der Waals surface area contributed by atoms with Crippen LogP contribution >= 0.6 is 0 Å². The molecule has 0 spiro atoms. The maximum atomic E-state index is 11.4. The van der Waals surface area contributed by atoms with Gasteiger partial charge in [0.05, 0.1) is 4.92 Å². The Kier molecular flexibility index (Phi) is 5.30. The zero-order chi connectivity index (χ0) is 16.0. The molecule has 1 N–H and O–H groups in total. The predicted molar refractivity (Wildman–Crippen MR) is 75.6 cm³/mol. The van der Waals surface area contributed by atoms with Gasteiger partial charge in [-0.05, 0) is 26.7 Å². The number of rotatable bonds is 3. The molecule has 0 fully saturated rings. The van der Waals surface area contributed by atoms with Crippen LogP contribution in [0.4, 0.5) is 10.5 Å². The molecule has 8 nitrogen and oxygen atoms in total. The van der Waals surface area contributed by atoms with Gasteiger partial charge in [-0.2, -0.15) is 5.10 Å². The Hall–Kier alpha value is -2.56. The fraction of sp³-hybridized carbons (Fsp3) is 0.538. The third kappa shape index (κ3) is 5.52. The molecule has 0 unspecified atom stereocenters. The van der Waals surface area contributed by atoms with Crippen molar-refractivity contribution in [2.45, 2.75) is 32.7 Å². The monoisotopic (exact) mass is 294 g/mol. The largest absolute Gasteiger partial charge is 0.449 e. The predicted octanol–water partition coefficient (Wildman–Crippen LogP) is 1.59. The molecule has 114 valence electrons. The second-order valence-electron chi connectivity index (χ2n) is 5.32. The summed E-state index contributed by atoms with van der Waals surface area (Å²) >= 11 is 0. The standard InChI is InChI=1S/C13H18N4O4/c1-13(2,3)15-12(18)21-8-6-5-7-10-11(17(19)20)9-14-16(10)4/h9H,6,8H2,1-4H3,(H,15,18). The molecule has 0 bridgehead atoms. The van der Waals surface area contributed by atoms with E-state index in [1.807, 2.05) is 20.8 Å². The minimum Gasteiger partial charge on any atom is -0.449 e. The maximum absolute atomic E-state index is 11.4. The molecule has 1 aromatic heterocycles. The van der Waals surface area contributed by atoms with Gasteiger partial charge in [-0.1, -0.05) is 5.92 Å². The third-order valence-corrected chi connectivity index (χ3v) is 2.26. The van der Waals surface area contributed by atoms with Gasteiger partial charge in [0, 0.05) is 19.0 Å². The molecule has 0 atom stereocenters. The summed E-state index contributed by atoms with van der Waals surface area (Å²) in [5.41, 5.74) is -0.284. The summed E-state index contributed by atoms with van der Waals surface area (Å²) in [6.45, 7) is 5.64. The van der Waals surface area contributed by atoms with E-state index >= 15 is 0 Å². The first-order chi connectivity index (χ1) is 9.70. The number of ether oxygens (including phenoxy) is 1. The van der Waals surface area contributed by atoms with E-state index in [1.165, 1.54) is 4.68 Å². The Labute approximate surface area is 122 Å². The van der Waals surface area contributed by atoms with E-state index < -0.39 is 11.0 Å². The van der Waals surface area contributed by atoms with Crippen LogP contribution in [0.3, 0.4) is 0 Å². The lowest BCUT2D eigenvalue weighted by Crippen LogP contribution is -2.41. The lowest BCUT2D eigenvalue weighted by atomic mass is 10.1. The Morgan fingerprint density at radius 3 is 2.81 bits per heavy atom. The fourth-order valence-corrected chi connectivity index (χ4v) is 1.39. The Balaban J connectivity index is 2.50. The number of carbonyl (C=O) groups excluding carboxylic acids is 1. The molecule has 0 aliphatic rings. The van der Waals surface area contributed by atoms with Crippen molar-refractivity contribution in [3.63, 3.8) is 0 Å². The summed E-state index contributed by atoms with van der Waals surface area (Å²) in [7, 11) is 1.57. The highest BCUT2D eigenvalue weighted by Gasteiger charge is 2.16. The van der Waals surface area contributed by atoms with E-state index in [0.29, 0.717) is 0 Å². The van der Waals surface area contributed by atoms with Gasteiger partial charge < -0.3 is 10.1 Å². The molecule has 1 amide bonds. The van der Waals surface area contributed by atoms with Crippen LogP contribution < -0.4 is 5.32 Å². The summed E-state index contributed by atoms with van der Waals surface area (Å²) in [5.74, 6) is 5.38. The number of alkyl carbamates (subject to hydrolysis) is 1. The van der Waals surface area contributed by atoms with Gasteiger partial charge in [0.1, 0.15) is 12.8 Å². The molecule has 8 heteroatoms. The number of nitrogens with zero attached hydrogens (tertiary/aromatic N) is 3. The average molecular weight is 294 g/mol. The first-order valence-corrected chi connectivity index (χ1v) is 6.31. The van der Waals surface area contributed by atoms with E-state index in [9.17, 15) is 14.9 Å². The Morgan fingerprint density at radius 2 is 2.24 bits per heavy atom. The Bertz CT molecular complexity index is 590. The molecule has 21 heavy (non-hydrogen) atoms. The number of amides is 1. The molecule has 0 saturated heterocycles. The van der Waals surface area contributed by atoms with Gasteiger partial charge in [-0.15, -0.1) is 0 Å². The van der Waals surface area contributed by atoms with Crippen LogP contribution in [0.2, 0.25) is 0 Å². The third-order valence-electron chi connectivity index (χ3n) is 2.26. The number of hydrogen-bond acceptors (Lipinski definition) is 5. The zero-order valence-corrected chi connectivity index (χ0v) is 12.5. The van der Waals surface area contributed by atoms with Crippen molar-refractivity contribution in [3.8, 4) is 11.8 Å². The van der Waals surface area contributed by atoms with Gasteiger partial charge in [-0.25, -0.2) is 4.79 Å². The molecule has 1 heterocycles. The van der Waals surface area contributed by atoms with Crippen molar-refractivity contribution in [2.75, 3.05) is 6.61 Å². The highest BCUT2D eigenvalue weighted by Crippen LogP contribution is 2.14. The molecule has 1 rings (SSSR count).